The summed E-state index contributed by atoms with van der Waals surface area (Å²) in [5.74, 6) is -0.729. The minimum absolute atomic E-state index is 0.192. The molecule has 0 bridgehead atoms. The van der Waals surface area contributed by atoms with Gasteiger partial charge in [-0.1, -0.05) is 42.5 Å². The van der Waals surface area contributed by atoms with E-state index >= 15 is 0 Å². The van der Waals surface area contributed by atoms with Crippen molar-refractivity contribution in [1.29, 1.82) is 0 Å². The number of anilines is 1. The highest BCUT2D eigenvalue weighted by Crippen LogP contribution is 2.37. The summed E-state index contributed by atoms with van der Waals surface area (Å²) in [4.78, 5) is 18.2. The Hall–Kier alpha value is -3.36. The van der Waals surface area contributed by atoms with Gasteiger partial charge in [0.25, 0.3) is 5.91 Å². The fourth-order valence-electron chi connectivity index (χ4n) is 2.98. The number of sulfone groups is 1. The third-order valence-electron chi connectivity index (χ3n) is 4.52. The summed E-state index contributed by atoms with van der Waals surface area (Å²) < 4.78 is 37.0. The molecule has 1 amide bonds. The maximum absolute atomic E-state index is 13.4. The molecule has 3 aromatic carbocycles. The second-order valence-electron chi connectivity index (χ2n) is 6.82. The number of hydrogen-bond acceptors (Lipinski definition) is 5. The topological polar surface area (TPSA) is 76.1 Å². The Bertz CT molecular complexity index is 1330. The zero-order valence-corrected chi connectivity index (χ0v) is 18.0. The molecule has 0 atom stereocenters. The van der Waals surface area contributed by atoms with Crippen molar-refractivity contribution in [3.05, 3.63) is 89.7 Å². The maximum atomic E-state index is 13.4. The zero-order chi connectivity index (χ0) is 22.0. The normalized spacial score (nSPS) is 11.3. The molecule has 0 radical (unpaired) electrons. The van der Waals surface area contributed by atoms with Crippen LogP contribution in [-0.2, 0) is 9.84 Å². The SMILES string of the molecule is CS(=O)(=O)c1ccc(-c2nc(C(=O)Nc3ccccc3)sc2-c2ccc(F)cc2)cc1. The lowest BCUT2D eigenvalue weighted by Gasteiger charge is -2.04. The van der Waals surface area contributed by atoms with E-state index in [2.05, 4.69) is 10.3 Å². The van der Waals surface area contributed by atoms with Gasteiger partial charge >= 0.3 is 0 Å². The van der Waals surface area contributed by atoms with Gasteiger partial charge in [-0.05, 0) is 42.0 Å². The molecule has 0 saturated heterocycles. The fourth-order valence-corrected chi connectivity index (χ4v) is 4.59. The molecule has 1 aromatic heterocycles. The van der Waals surface area contributed by atoms with Crippen molar-refractivity contribution >= 4 is 32.8 Å². The van der Waals surface area contributed by atoms with E-state index < -0.39 is 9.84 Å². The molecule has 8 heteroatoms. The van der Waals surface area contributed by atoms with Crippen molar-refractivity contribution < 1.29 is 17.6 Å². The van der Waals surface area contributed by atoms with Gasteiger partial charge in [0.05, 0.1) is 15.5 Å². The van der Waals surface area contributed by atoms with Gasteiger partial charge in [-0.3, -0.25) is 4.79 Å². The fraction of sp³-hybridized carbons (Fsp3) is 0.0435. The number of nitrogens with one attached hydrogen (secondary N) is 1. The number of benzene rings is 3. The van der Waals surface area contributed by atoms with Crippen LogP contribution >= 0.6 is 11.3 Å². The quantitative estimate of drug-likeness (QED) is 0.447. The van der Waals surface area contributed by atoms with Gasteiger partial charge in [0.15, 0.2) is 14.8 Å². The van der Waals surface area contributed by atoms with Crippen LogP contribution in [0, 0.1) is 5.82 Å². The first-order valence-corrected chi connectivity index (χ1v) is 12.0. The summed E-state index contributed by atoms with van der Waals surface area (Å²) in [5.41, 5.74) is 2.53. The average molecular weight is 453 g/mol. The van der Waals surface area contributed by atoms with Crippen molar-refractivity contribution in [3.8, 4) is 21.7 Å². The molecule has 4 aromatic rings. The second-order valence-corrected chi connectivity index (χ2v) is 9.84. The standard InChI is InChI=1S/C23H17FN2O3S2/c1-31(28,29)19-13-9-15(10-14-19)20-21(16-7-11-17(24)12-8-16)30-23(26-20)22(27)25-18-5-3-2-4-6-18/h2-14H,1H3,(H,25,27). The van der Waals surface area contributed by atoms with Crippen LogP contribution in [0.15, 0.2) is 83.8 Å². The Morgan fingerprint density at radius 3 is 2.13 bits per heavy atom. The summed E-state index contributed by atoms with van der Waals surface area (Å²) in [6.45, 7) is 0. The van der Waals surface area contributed by atoms with Crippen LogP contribution in [0.1, 0.15) is 9.80 Å². The third kappa shape index (κ3) is 4.70. The smallest absolute Gasteiger partial charge is 0.284 e. The van der Waals surface area contributed by atoms with Crippen LogP contribution in [0.5, 0.6) is 0 Å². The predicted octanol–water partition coefficient (Wildman–Crippen LogP) is 5.27. The summed E-state index contributed by atoms with van der Waals surface area (Å²) in [7, 11) is -3.34. The molecule has 5 nitrogen and oxygen atoms in total. The number of nitrogens with zero attached hydrogens (tertiary/aromatic N) is 1. The lowest BCUT2D eigenvalue weighted by molar-refractivity contribution is 0.102. The van der Waals surface area contributed by atoms with Gasteiger partial charge in [-0.15, -0.1) is 11.3 Å². The molecule has 0 unspecified atom stereocenters. The van der Waals surface area contributed by atoms with Gasteiger partial charge < -0.3 is 5.32 Å². The zero-order valence-electron chi connectivity index (χ0n) is 16.4. The minimum atomic E-state index is -3.34. The maximum Gasteiger partial charge on any atom is 0.284 e. The summed E-state index contributed by atoms with van der Waals surface area (Å²) in [6, 6.07) is 21.3. The van der Waals surface area contributed by atoms with Crippen LogP contribution in [0.2, 0.25) is 0 Å². The molecule has 0 aliphatic carbocycles. The van der Waals surface area contributed by atoms with E-state index in [0.29, 0.717) is 27.4 Å². The van der Waals surface area contributed by atoms with Crippen molar-refractivity contribution in [2.24, 2.45) is 0 Å². The van der Waals surface area contributed by atoms with Crippen molar-refractivity contribution in [1.82, 2.24) is 4.98 Å². The van der Waals surface area contributed by atoms with E-state index in [0.717, 1.165) is 6.26 Å². The summed E-state index contributed by atoms with van der Waals surface area (Å²) in [6.07, 6.45) is 1.14. The van der Waals surface area contributed by atoms with Gasteiger partial charge in [-0.25, -0.2) is 17.8 Å². The van der Waals surface area contributed by atoms with Crippen LogP contribution in [-0.4, -0.2) is 25.6 Å². The average Bonchev–Trinajstić information content (AvgIpc) is 3.20. The molecule has 0 aliphatic heterocycles. The summed E-state index contributed by atoms with van der Waals surface area (Å²) >= 11 is 1.19. The molecule has 31 heavy (non-hydrogen) atoms. The number of para-hydroxylation sites is 1. The molecule has 0 spiro atoms. The lowest BCUT2D eigenvalue weighted by Crippen LogP contribution is -2.11. The Kier molecular flexibility index (Phi) is 5.67. The number of aromatic nitrogens is 1. The number of halogens is 1. The van der Waals surface area contributed by atoms with Crippen LogP contribution < -0.4 is 5.32 Å². The van der Waals surface area contributed by atoms with E-state index in [1.54, 1.807) is 36.4 Å². The number of carbonyl (C=O) groups is 1. The molecule has 0 saturated carbocycles. The Morgan fingerprint density at radius 2 is 1.52 bits per heavy atom. The van der Waals surface area contributed by atoms with E-state index in [-0.39, 0.29) is 21.6 Å². The summed E-state index contributed by atoms with van der Waals surface area (Å²) in [5, 5.41) is 3.05. The first kappa shape index (κ1) is 20.9. The highest BCUT2D eigenvalue weighted by atomic mass is 32.2. The number of rotatable bonds is 5. The third-order valence-corrected chi connectivity index (χ3v) is 6.75. The molecule has 1 N–H and O–H groups in total. The Labute approximate surface area is 183 Å². The molecule has 1 heterocycles. The Morgan fingerprint density at radius 1 is 0.903 bits per heavy atom. The largest absolute Gasteiger partial charge is 0.320 e. The van der Waals surface area contributed by atoms with E-state index in [1.807, 2.05) is 18.2 Å². The second kappa shape index (κ2) is 8.41. The Balaban J connectivity index is 1.77. The van der Waals surface area contributed by atoms with Gasteiger partial charge in [-0.2, -0.15) is 0 Å². The molecular formula is C23H17FN2O3S2. The molecule has 156 valence electrons. The monoisotopic (exact) mass is 452 g/mol. The van der Waals surface area contributed by atoms with Crippen molar-refractivity contribution in [3.63, 3.8) is 0 Å². The highest BCUT2D eigenvalue weighted by molar-refractivity contribution is 7.90. The van der Waals surface area contributed by atoms with E-state index in [1.165, 1.54) is 35.6 Å². The first-order valence-electron chi connectivity index (χ1n) is 9.25. The number of hydrogen-bond donors (Lipinski definition) is 1. The van der Waals surface area contributed by atoms with Crippen molar-refractivity contribution in [2.75, 3.05) is 11.6 Å². The number of thiazole rings is 1. The first-order chi connectivity index (χ1) is 14.8. The number of amides is 1. The molecule has 0 aliphatic rings. The lowest BCUT2D eigenvalue weighted by atomic mass is 10.1. The van der Waals surface area contributed by atoms with Crippen LogP contribution in [0.3, 0.4) is 0 Å². The predicted molar refractivity (Wildman–Crippen MR) is 120 cm³/mol. The molecule has 4 rings (SSSR count). The van der Waals surface area contributed by atoms with E-state index in [9.17, 15) is 17.6 Å². The van der Waals surface area contributed by atoms with Gasteiger partial charge in [0.2, 0.25) is 0 Å². The van der Waals surface area contributed by atoms with Gasteiger partial charge in [0.1, 0.15) is 5.82 Å². The molecular weight excluding hydrogens is 435 g/mol. The van der Waals surface area contributed by atoms with Crippen molar-refractivity contribution in [2.45, 2.75) is 4.90 Å². The van der Waals surface area contributed by atoms with Crippen LogP contribution in [0.25, 0.3) is 21.7 Å². The number of carbonyl (C=O) groups excluding carboxylic acids is 1. The highest BCUT2D eigenvalue weighted by Gasteiger charge is 2.20. The van der Waals surface area contributed by atoms with Gasteiger partial charge in [0, 0.05) is 17.5 Å². The van der Waals surface area contributed by atoms with Crippen LogP contribution in [0.4, 0.5) is 10.1 Å². The minimum Gasteiger partial charge on any atom is -0.320 e. The van der Waals surface area contributed by atoms with E-state index in [4.69, 9.17) is 0 Å². The molecule has 0 fully saturated rings.